The number of nitriles is 1. The molecule has 2 heterocycles. The summed E-state index contributed by atoms with van der Waals surface area (Å²) >= 11 is 0. The predicted octanol–water partition coefficient (Wildman–Crippen LogP) is 6.12. The third-order valence-corrected chi connectivity index (χ3v) is 9.05. The summed E-state index contributed by atoms with van der Waals surface area (Å²) in [5.74, 6) is -6.96. The van der Waals surface area contributed by atoms with E-state index in [4.69, 9.17) is 6.57 Å². The highest BCUT2D eigenvalue weighted by Gasteiger charge is 2.47. The minimum Gasteiger partial charge on any atom is -0.478 e. The molecule has 2 fully saturated rings. The van der Waals surface area contributed by atoms with Gasteiger partial charge >= 0.3 is 11.5 Å². The van der Waals surface area contributed by atoms with Gasteiger partial charge in [0.25, 0.3) is 0 Å². The Kier molecular flexibility index (Phi) is 6.20. The van der Waals surface area contributed by atoms with E-state index < -0.39 is 51.1 Å². The number of aromatic carboxylic acids is 1. The van der Waals surface area contributed by atoms with Crippen molar-refractivity contribution in [1.29, 1.82) is 5.26 Å². The van der Waals surface area contributed by atoms with Crippen LogP contribution in [0.3, 0.4) is 0 Å². The van der Waals surface area contributed by atoms with Gasteiger partial charge in [-0.25, -0.2) is 29.1 Å². The van der Waals surface area contributed by atoms with Crippen molar-refractivity contribution in [1.82, 2.24) is 0 Å². The Morgan fingerprint density at radius 1 is 1.14 bits per heavy atom. The van der Waals surface area contributed by atoms with E-state index in [0.29, 0.717) is 11.1 Å². The highest BCUT2D eigenvalue weighted by Crippen LogP contribution is 2.52. The van der Waals surface area contributed by atoms with Gasteiger partial charge in [0, 0.05) is 54.4 Å². The first-order valence-corrected chi connectivity index (χ1v) is 13.9. The van der Waals surface area contributed by atoms with Gasteiger partial charge in [0.05, 0.1) is 6.42 Å². The fraction of sp³-hybridized carbons (Fsp3) is 0.333. The van der Waals surface area contributed by atoms with E-state index in [-0.39, 0.29) is 5.57 Å². The minimum atomic E-state index is -2.43. The van der Waals surface area contributed by atoms with Crippen molar-refractivity contribution in [3.63, 3.8) is 0 Å². The Hall–Kier alpha value is -4.63. The normalized spacial score (nSPS) is 19.9. The number of benzene rings is 2. The molecule has 1 unspecified atom stereocenters. The van der Waals surface area contributed by atoms with Crippen LogP contribution in [-0.4, -0.2) is 47.5 Å². The second-order valence-electron chi connectivity index (χ2n) is 11.8. The van der Waals surface area contributed by atoms with Gasteiger partial charge < -0.3 is 10.0 Å². The standard InChI is InChI=1S/C33H27F3N4O2/c1-32(2)22-15-18(39-11-5-12-39)7-9-20(22)24(21-10-8-19(16-23(21)32)40-13-6-14-40)25-26(31(41)42)29(35)30(36)27(28(25)34)33(3,17-37)38-4/h7-10,15-16H,5-6,11-14H2,1-3H3/p+1. The number of nitrogens with zero attached hydrogens (tertiary/aromatic N) is 4. The zero-order valence-corrected chi connectivity index (χ0v) is 23.5. The van der Waals surface area contributed by atoms with Gasteiger partial charge in [-0.3, -0.25) is 4.85 Å². The molecule has 0 aromatic heterocycles. The van der Waals surface area contributed by atoms with Gasteiger partial charge in [-0.1, -0.05) is 19.9 Å². The zero-order valence-electron chi connectivity index (χ0n) is 23.5. The van der Waals surface area contributed by atoms with E-state index in [0.717, 1.165) is 68.5 Å². The SMILES string of the molecule is [C-]#[N+]C(C)(C#N)c1c(F)c(F)c(C(=O)O)c(C2=C3C=CC(=[N+]4CCC4)C=C3C(C)(C)c3cc(N4CCC4)ccc32)c1F. The Morgan fingerprint density at radius 2 is 1.86 bits per heavy atom. The summed E-state index contributed by atoms with van der Waals surface area (Å²) < 4.78 is 50.0. The van der Waals surface area contributed by atoms with Gasteiger partial charge in [-0.2, -0.15) is 5.26 Å². The van der Waals surface area contributed by atoms with E-state index in [1.165, 1.54) is 0 Å². The average Bonchev–Trinajstić information content (AvgIpc) is 2.90. The number of anilines is 1. The fourth-order valence-electron chi connectivity index (χ4n) is 6.30. The zero-order chi connectivity index (χ0) is 30.1. The topological polar surface area (TPSA) is 71.7 Å². The molecule has 0 spiro atoms. The van der Waals surface area contributed by atoms with Crippen LogP contribution >= 0.6 is 0 Å². The molecule has 6 rings (SSSR count). The predicted molar refractivity (Wildman–Crippen MR) is 152 cm³/mol. The van der Waals surface area contributed by atoms with E-state index in [1.807, 2.05) is 38.1 Å². The highest BCUT2D eigenvalue weighted by molar-refractivity contribution is 6.08. The first-order chi connectivity index (χ1) is 19.9. The summed E-state index contributed by atoms with van der Waals surface area (Å²) in [5.41, 5.74) is -1.46. The summed E-state index contributed by atoms with van der Waals surface area (Å²) in [6.07, 6.45) is 7.76. The van der Waals surface area contributed by atoms with Gasteiger partial charge in [0.1, 0.15) is 30.0 Å². The summed E-state index contributed by atoms with van der Waals surface area (Å²) in [5, 5.41) is 19.8. The number of carbonyl (C=O) groups is 1. The lowest BCUT2D eigenvalue weighted by atomic mass is 9.63. The molecular formula is C33H28F3N4O2+. The lowest BCUT2D eigenvalue weighted by Gasteiger charge is -2.41. The maximum atomic E-state index is 16.7. The summed E-state index contributed by atoms with van der Waals surface area (Å²) in [6, 6.07) is 7.23. The van der Waals surface area contributed by atoms with E-state index >= 15 is 13.2 Å². The molecule has 1 N–H and O–H groups in total. The molecule has 9 heteroatoms. The van der Waals surface area contributed by atoms with Crippen LogP contribution in [0.15, 0.2) is 47.6 Å². The number of rotatable bonds is 4. The number of carboxylic acids is 1. The highest BCUT2D eigenvalue weighted by atomic mass is 19.2. The van der Waals surface area contributed by atoms with Gasteiger partial charge in [-0.15, -0.1) is 0 Å². The maximum absolute atomic E-state index is 16.7. The van der Waals surface area contributed by atoms with Crippen LogP contribution in [-0.2, 0) is 11.0 Å². The van der Waals surface area contributed by atoms with Crippen molar-refractivity contribution in [3.05, 3.63) is 104 Å². The van der Waals surface area contributed by atoms with E-state index in [9.17, 15) is 15.2 Å². The second-order valence-corrected chi connectivity index (χ2v) is 11.8. The Labute approximate surface area is 241 Å². The van der Waals surface area contributed by atoms with Crippen LogP contribution in [0, 0.1) is 35.4 Å². The largest absolute Gasteiger partial charge is 0.478 e. The quantitative estimate of drug-likeness (QED) is 0.274. The van der Waals surface area contributed by atoms with Crippen LogP contribution in [0.1, 0.15) is 66.2 Å². The molecule has 2 aromatic carbocycles. The molecule has 0 amide bonds. The number of halogens is 3. The molecule has 2 aromatic rings. The van der Waals surface area contributed by atoms with Crippen LogP contribution in [0.25, 0.3) is 10.4 Å². The van der Waals surface area contributed by atoms with Crippen LogP contribution in [0.5, 0.6) is 0 Å². The van der Waals surface area contributed by atoms with E-state index in [1.54, 1.807) is 18.2 Å². The van der Waals surface area contributed by atoms with Crippen molar-refractivity contribution in [2.45, 2.75) is 44.6 Å². The maximum Gasteiger partial charge on any atom is 0.343 e. The molecule has 2 aliphatic carbocycles. The average molecular weight is 570 g/mol. The number of fused-ring (bicyclic) bond motifs is 2. The first kappa shape index (κ1) is 27.5. The summed E-state index contributed by atoms with van der Waals surface area (Å²) in [4.78, 5) is 17.8. The van der Waals surface area contributed by atoms with Crippen molar-refractivity contribution in [2.24, 2.45) is 0 Å². The van der Waals surface area contributed by atoms with Crippen LogP contribution in [0.2, 0.25) is 0 Å². The van der Waals surface area contributed by atoms with Crippen LogP contribution < -0.4 is 4.90 Å². The molecule has 1 atom stereocenters. The Morgan fingerprint density at radius 3 is 2.40 bits per heavy atom. The number of carboxylic acid groups (broad SMARTS) is 1. The van der Waals surface area contributed by atoms with Crippen molar-refractivity contribution < 1.29 is 27.6 Å². The molecule has 42 heavy (non-hydrogen) atoms. The summed E-state index contributed by atoms with van der Waals surface area (Å²) in [7, 11) is 0. The second kappa shape index (κ2) is 9.46. The molecule has 6 nitrogen and oxygen atoms in total. The van der Waals surface area contributed by atoms with Gasteiger partial charge in [0.2, 0.25) is 0 Å². The third kappa shape index (κ3) is 3.76. The lowest BCUT2D eigenvalue weighted by Crippen LogP contribution is -2.38. The number of hydrogen-bond acceptors (Lipinski definition) is 3. The molecule has 0 saturated carbocycles. The number of allylic oxidation sites excluding steroid dienone is 5. The van der Waals surface area contributed by atoms with E-state index in [2.05, 4.69) is 14.3 Å². The molecule has 2 saturated heterocycles. The Balaban J connectivity index is 1.76. The first-order valence-electron chi connectivity index (χ1n) is 13.9. The smallest absolute Gasteiger partial charge is 0.343 e. The third-order valence-electron chi connectivity index (χ3n) is 9.05. The summed E-state index contributed by atoms with van der Waals surface area (Å²) in [6.45, 7) is 16.1. The Bertz CT molecular complexity index is 1790. The molecule has 212 valence electrons. The molecule has 2 aliphatic heterocycles. The van der Waals surface area contributed by atoms with Crippen molar-refractivity contribution in [2.75, 3.05) is 31.1 Å². The minimum absolute atomic E-state index is 0.0879. The number of hydrogen-bond donors (Lipinski definition) is 1. The molecule has 4 aliphatic rings. The fourth-order valence-corrected chi connectivity index (χ4v) is 6.30. The monoisotopic (exact) mass is 569 g/mol. The van der Waals surface area contributed by atoms with Crippen LogP contribution in [0.4, 0.5) is 18.9 Å². The molecule has 0 radical (unpaired) electrons. The molecular weight excluding hydrogens is 541 g/mol. The van der Waals surface area contributed by atoms with Crippen molar-refractivity contribution in [3.8, 4) is 6.07 Å². The lowest BCUT2D eigenvalue weighted by molar-refractivity contribution is -0.582. The van der Waals surface area contributed by atoms with Gasteiger partial charge in [-0.05, 0) is 46.9 Å². The molecule has 0 bridgehead atoms. The van der Waals surface area contributed by atoms with Gasteiger partial charge in [0.15, 0.2) is 23.4 Å². The van der Waals surface area contributed by atoms with Crippen molar-refractivity contribution >= 4 is 22.9 Å².